The number of nitrogens with one attached hydrogen (secondary N) is 1. The lowest BCUT2D eigenvalue weighted by Crippen LogP contribution is -2.38. The average Bonchev–Trinajstić information content (AvgIpc) is 3.39. The Labute approximate surface area is 220 Å². The number of rotatable bonds is 8. The van der Waals surface area contributed by atoms with E-state index in [1.165, 1.54) is 21.0 Å². The number of benzene rings is 1. The predicted octanol–water partition coefficient (Wildman–Crippen LogP) is 4.84. The van der Waals surface area contributed by atoms with Gasteiger partial charge in [-0.05, 0) is 48.7 Å². The molecule has 1 atom stereocenters. The molecule has 8 nitrogen and oxygen atoms in total. The molecule has 37 heavy (non-hydrogen) atoms. The Bertz CT molecular complexity index is 1370. The van der Waals surface area contributed by atoms with Gasteiger partial charge in [-0.3, -0.25) is 29.7 Å². The number of hydrogen-bond donors (Lipinski definition) is 2. The molecule has 2 amide bonds. The Kier molecular flexibility index (Phi) is 7.56. The van der Waals surface area contributed by atoms with Crippen LogP contribution in [0.4, 0.5) is 5.69 Å². The number of aromatic nitrogens is 1. The highest BCUT2D eigenvalue weighted by Crippen LogP contribution is 2.43. The average molecular weight is 519 g/mol. The first kappa shape index (κ1) is 26.2. The van der Waals surface area contributed by atoms with Gasteiger partial charge in [0.05, 0.1) is 11.6 Å². The molecule has 192 valence electrons. The lowest BCUT2D eigenvalue weighted by Gasteiger charge is -2.28. The molecule has 0 aliphatic carbocycles. The third-order valence-electron chi connectivity index (χ3n) is 5.95. The fourth-order valence-electron chi connectivity index (χ4n) is 4.39. The van der Waals surface area contributed by atoms with Gasteiger partial charge in [-0.15, -0.1) is 11.3 Å². The number of anilines is 1. The predicted molar refractivity (Wildman–Crippen MR) is 144 cm³/mol. The van der Waals surface area contributed by atoms with E-state index in [-0.39, 0.29) is 29.4 Å². The minimum absolute atomic E-state index is 0.0107. The lowest BCUT2D eigenvalue weighted by molar-refractivity contribution is -0.118. The highest BCUT2D eigenvalue weighted by atomic mass is 32.1. The second-order valence-electron chi connectivity index (χ2n) is 9.59. The monoisotopic (exact) mass is 518 g/mol. The Morgan fingerprint density at radius 2 is 1.84 bits per heavy atom. The van der Waals surface area contributed by atoms with Crippen molar-refractivity contribution in [1.82, 2.24) is 15.4 Å². The Hall–Kier alpha value is -3.82. The minimum atomic E-state index is -1.01. The standard InChI is InChI=1S/C28H30N4O4S/c1-16(2)15-21(33)23-25(20-7-6-14-29-24(20)27(35)30-31(4)5)32(28(36)26(23)34)19-11-9-18(10-12-19)22-13-8-17(3)37-22/h6-14,16,25,34H,15H2,1-5H3,(H,30,35). The van der Waals surface area contributed by atoms with Crippen LogP contribution < -0.4 is 10.3 Å². The van der Waals surface area contributed by atoms with Gasteiger partial charge < -0.3 is 5.11 Å². The number of pyridine rings is 1. The molecule has 1 aliphatic rings. The summed E-state index contributed by atoms with van der Waals surface area (Å²) in [6.07, 6.45) is 1.62. The van der Waals surface area contributed by atoms with Gasteiger partial charge in [0, 0.05) is 47.7 Å². The zero-order valence-corrected chi connectivity index (χ0v) is 22.3. The number of carbonyl (C=O) groups excluding carboxylic acids is 3. The number of hydrogen-bond acceptors (Lipinski definition) is 7. The topological polar surface area (TPSA) is 103 Å². The van der Waals surface area contributed by atoms with Crippen LogP contribution >= 0.6 is 11.3 Å². The summed E-state index contributed by atoms with van der Waals surface area (Å²) in [4.78, 5) is 47.7. The van der Waals surface area contributed by atoms with Crippen LogP contribution in [0.15, 0.2) is 66.1 Å². The van der Waals surface area contributed by atoms with Gasteiger partial charge >= 0.3 is 0 Å². The number of carbonyl (C=O) groups is 3. The van der Waals surface area contributed by atoms with Crippen LogP contribution in [0.25, 0.3) is 10.4 Å². The summed E-state index contributed by atoms with van der Waals surface area (Å²) in [5.74, 6) is -2.12. The van der Waals surface area contributed by atoms with Crippen LogP contribution in [0.1, 0.15) is 47.2 Å². The number of aryl methyl sites for hydroxylation is 1. The van der Waals surface area contributed by atoms with Crippen LogP contribution in [0, 0.1) is 12.8 Å². The van der Waals surface area contributed by atoms with Crippen molar-refractivity contribution in [3.8, 4) is 10.4 Å². The quantitative estimate of drug-likeness (QED) is 0.414. The van der Waals surface area contributed by atoms with Gasteiger partial charge in [0.1, 0.15) is 5.69 Å². The Morgan fingerprint density at radius 1 is 1.14 bits per heavy atom. The summed E-state index contributed by atoms with van der Waals surface area (Å²) < 4.78 is 0. The summed E-state index contributed by atoms with van der Waals surface area (Å²) in [5, 5.41) is 12.4. The molecule has 0 radical (unpaired) electrons. The second kappa shape index (κ2) is 10.7. The summed E-state index contributed by atoms with van der Waals surface area (Å²) in [5.41, 5.74) is 4.55. The Morgan fingerprint density at radius 3 is 2.43 bits per heavy atom. The van der Waals surface area contributed by atoms with Crippen molar-refractivity contribution >= 4 is 34.6 Å². The minimum Gasteiger partial charge on any atom is -0.503 e. The third-order valence-corrected chi connectivity index (χ3v) is 7.00. The molecule has 1 aliphatic heterocycles. The maximum Gasteiger partial charge on any atom is 0.294 e. The first-order valence-electron chi connectivity index (χ1n) is 12.0. The number of aliphatic hydroxyl groups excluding tert-OH is 1. The molecule has 0 fully saturated rings. The largest absolute Gasteiger partial charge is 0.503 e. The lowest BCUT2D eigenvalue weighted by atomic mass is 9.91. The molecule has 1 unspecified atom stereocenters. The van der Waals surface area contributed by atoms with E-state index in [1.54, 1.807) is 49.7 Å². The molecular formula is C28H30N4O4S. The first-order valence-corrected chi connectivity index (χ1v) is 12.8. The molecule has 2 aromatic heterocycles. The number of Topliss-reactive ketones (excluding diaryl/α,β-unsaturated/α-hetero) is 1. The smallest absolute Gasteiger partial charge is 0.294 e. The molecule has 1 aromatic carbocycles. The molecule has 0 saturated heterocycles. The fraction of sp³-hybridized carbons (Fsp3) is 0.286. The number of thiophene rings is 1. The zero-order valence-electron chi connectivity index (χ0n) is 21.5. The van der Waals surface area contributed by atoms with Gasteiger partial charge in [-0.25, -0.2) is 5.01 Å². The van der Waals surface area contributed by atoms with E-state index in [9.17, 15) is 19.5 Å². The normalized spacial score (nSPS) is 15.7. The van der Waals surface area contributed by atoms with E-state index < -0.39 is 23.6 Å². The number of amides is 2. The molecule has 0 saturated carbocycles. The summed E-state index contributed by atoms with van der Waals surface area (Å²) in [7, 11) is 3.34. The highest BCUT2D eigenvalue weighted by Gasteiger charge is 2.45. The molecule has 4 rings (SSSR count). The SMILES string of the molecule is Cc1ccc(-c2ccc(N3C(=O)C(O)=C(C(=O)CC(C)C)C3c3cccnc3C(=O)NN(C)C)cc2)s1. The summed E-state index contributed by atoms with van der Waals surface area (Å²) >= 11 is 1.67. The van der Waals surface area contributed by atoms with Crippen molar-refractivity contribution in [3.05, 3.63) is 82.2 Å². The van der Waals surface area contributed by atoms with E-state index in [0.29, 0.717) is 11.3 Å². The molecule has 3 aromatic rings. The number of ketones is 1. The molecule has 3 heterocycles. The van der Waals surface area contributed by atoms with Gasteiger partial charge in [0.2, 0.25) is 0 Å². The number of nitrogens with zero attached hydrogens (tertiary/aromatic N) is 3. The van der Waals surface area contributed by atoms with E-state index in [1.807, 2.05) is 45.0 Å². The second-order valence-corrected chi connectivity index (χ2v) is 10.9. The van der Waals surface area contributed by atoms with Crippen LogP contribution in [-0.2, 0) is 9.59 Å². The van der Waals surface area contributed by atoms with Gasteiger partial charge in [0.25, 0.3) is 11.8 Å². The van der Waals surface area contributed by atoms with Crippen molar-refractivity contribution in [2.75, 3.05) is 19.0 Å². The van der Waals surface area contributed by atoms with E-state index in [4.69, 9.17) is 0 Å². The molecular weight excluding hydrogens is 488 g/mol. The van der Waals surface area contributed by atoms with Crippen LogP contribution in [-0.4, -0.2) is 46.8 Å². The zero-order chi connectivity index (χ0) is 26.9. The van der Waals surface area contributed by atoms with E-state index in [2.05, 4.69) is 10.4 Å². The van der Waals surface area contributed by atoms with Crippen LogP contribution in [0.2, 0.25) is 0 Å². The maximum absolute atomic E-state index is 13.4. The Balaban J connectivity index is 1.84. The molecule has 9 heteroatoms. The van der Waals surface area contributed by atoms with Crippen molar-refractivity contribution in [2.45, 2.75) is 33.2 Å². The molecule has 0 bridgehead atoms. The molecule has 2 N–H and O–H groups in total. The third kappa shape index (κ3) is 5.33. The maximum atomic E-state index is 13.4. The van der Waals surface area contributed by atoms with Crippen molar-refractivity contribution in [1.29, 1.82) is 0 Å². The highest BCUT2D eigenvalue weighted by molar-refractivity contribution is 7.15. The number of aliphatic hydroxyl groups is 1. The number of hydrazine groups is 1. The fourth-order valence-corrected chi connectivity index (χ4v) is 5.26. The summed E-state index contributed by atoms with van der Waals surface area (Å²) in [6.45, 7) is 5.83. The van der Waals surface area contributed by atoms with E-state index in [0.717, 1.165) is 10.4 Å². The van der Waals surface area contributed by atoms with Crippen molar-refractivity contribution < 1.29 is 19.5 Å². The van der Waals surface area contributed by atoms with E-state index >= 15 is 0 Å². The molecule has 0 spiro atoms. The van der Waals surface area contributed by atoms with Crippen LogP contribution in [0.5, 0.6) is 0 Å². The van der Waals surface area contributed by atoms with Crippen molar-refractivity contribution in [3.63, 3.8) is 0 Å². The van der Waals surface area contributed by atoms with Crippen LogP contribution in [0.3, 0.4) is 0 Å². The first-order chi connectivity index (χ1) is 17.6. The van der Waals surface area contributed by atoms with Gasteiger partial charge in [0.15, 0.2) is 11.5 Å². The summed E-state index contributed by atoms with van der Waals surface area (Å²) in [6, 6.07) is 13.8. The van der Waals surface area contributed by atoms with Gasteiger partial charge in [-0.1, -0.05) is 32.0 Å². The van der Waals surface area contributed by atoms with Gasteiger partial charge in [-0.2, -0.15) is 0 Å². The van der Waals surface area contributed by atoms with Crippen molar-refractivity contribution in [2.24, 2.45) is 5.92 Å².